The number of fused-ring (bicyclic) bond motifs is 1. The standard InChI is InChI=1S/C22H25F3N2O4/c1-20(9-13-8-16(22(23,24)25)2-3-17(13)31-20)15-4-6-27(7-5-15)18(28)14-10-21(11-14)12-30-19(29)26-21/h2-3,8,14-15H,4-7,9-12H2,1H3,(H,26,29). The molecule has 3 fully saturated rings. The molecular weight excluding hydrogens is 413 g/mol. The van der Waals surface area contributed by atoms with Gasteiger partial charge in [0.15, 0.2) is 0 Å². The van der Waals surface area contributed by atoms with Crippen LogP contribution in [0.1, 0.15) is 43.7 Å². The first-order valence-electron chi connectivity index (χ1n) is 10.7. The largest absolute Gasteiger partial charge is 0.487 e. The summed E-state index contributed by atoms with van der Waals surface area (Å²) in [6.07, 6.45) is -1.63. The number of alkyl carbamates (subject to hydrolysis) is 1. The van der Waals surface area contributed by atoms with E-state index in [1.807, 2.05) is 11.8 Å². The molecule has 3 heterocycles. The molecule has 1 aromatic rings. The molecule has 2 saturated heterocycles. The van der Waals surface area contributed by atoms with Crippen molar-refractivity contribution in [1.82, 2.24) is 10.2 Å². The average Bonchev–Trinajstić information content (AvgIpc) is 3.25. The molecule has 0 bridgehead atoms. The van der Waals surface area contributed by atoms with E-state index in [9.17, 15) is 22.8 Å². The number of amides is 2. The zero-order chi connectivity index (χ0) is 22.0. The number of alkyl halides is 3. The Bertz CT molecular complexity index is 920. The molecule has 1 aromatic carbocycles. The van der Waals surface area contributed by atoms with Crippen molar-refractivity contribution >= 4 is 12.0 Å². The van der Waals surface area contributed by atoms with Gasteiger partial charge in [0.05, 0.1) is 11.1 Å². The molecule has 0 radical (unpaired) electrons. The van der Waals surface area contributed by atoms with Gasteiger partial charge in [-0.1, -0.05) is 0 Å². The molecule has 1 unspecified atom stereocenters. The number of rotatable bonds is 2. The number of halogens is 3. The Kier molecular flexibility index (Phi) is 4.47. The van der Waals surface area contributed by atoms with E-state index in [1.165, 1.54) is 12.1 Å². The summed E-state index contributed by atoms with van der Waals surface area (Å²) in [6, 6.07) is 3.67. The number of likely N-dealkylation sites (tertiary alicyclic amines) is 1. The number of carbonyl (C=O) groups excluding carboxylic acids is 2. The summed E-state index contributed by atoms with van der Waals surface area (Å²) in [5.41, 5.74) is -0.992. The van der Waals surface area contributed by atoms with Gasteiger partial charge in [0.1, 0.15) is 18.0 Å². The third kappa shape index (κ3) is 3.51. The van der Waals surface area contributed by atoms with Crippen molar-refractivity contribution in [3.8, 4) is 5.75 Å². The maximum atomic E-state index is 13.0. The van der Waals surface area contributed by atoms with Crippen LogP contribution >= 0.6 is 0 Å². The Morgan fingerprint density at radius 1 is 1.23 bits per heavy atom. The van der Waals surface area contributed by atoms with E-state index in [2.05, 4.69) is 5.32 Å². The summed E-state index contributed by atoms with van der Waals surface area (Å²) in [5.74, 6) is 0.700. The van der Waals surface area contributed by atoms with Gasteiger partial charge in [-0.25, -0.2) is 4.79 Å². The van der Waals surface area contributed by atoms with Crippen LogP contribution in [-0.2, 0) is 22.1 Å². The first-order valence-corrected chi connectivity index (χ1v) is 10.7. The van der Waals surface area contributed by atoms with Crippen LogP contribution in [-0.4, -0.2) is 47.7 Å². The molecule has 4 aliphatic rings. The number of hydrogen-bond donors (Lipinski definition) is 1. The molecule has 168 valence electrons. The highest BCUT2D eigenvalue weighted by Gasteiger charge is 2.54. The van der Waals surface area contributed by atoms with Crippen molar-refractivity contribution in [1.29, 1.82) is 0 Å². The molecular formula is C22H25F3N2O4. The fourth-order valence-electron chi connectivity index (χ4n) is 5.63. The van der Waals surface area contributed by atoms with Crippen molar-refractivity contribution in [3.63, 3.8) is 0 Å². The highest BCUT2D eigenvalue weighted by atomic mass is 19.4. The van der Waals surface area contributed by atoms with Crippen molar-refractivity contribution in [2.75, 3.05) is 19.7 Å². The third-order valence-corrected chi connectivity index (χ3v) is 7.41. The van der Waals surface area contributed by atoms with Gasteiger partial charge in [-0.05, 0) is 56.4 Å². The van der Waals surface area contributed by atoms with Gasteiger partial charge < -0.3 is 19.7 Å². The Morgan fingerprint density at radius 2 is 1.94 bits per heavy atom. The highest BCUT2D eigenvalue weighted by Crippen LogP contribution is 2.46. The predicted molar refractivity (Wildman–Crippen MR) is 103 cm³/mol. The lowest BCUT2D eigenvalue weighted by atomic mass is 9.68. The van der Waals surface area contributed by atoms with Crippen LogP contribution in [0.3, 0.4) is 0 Å². The number of carbonyl (C=O) groups is 2. The molecule has 2 amide bonds. The smallest absolute Gasteiger partial charge is 0.416 e. The second kappa shape index (κ2) is 6.77. The molecule has 1 atom stereocenters. The van der Waals surface area contributed by atoms with Gasteiger partial charge in [-0.2, -0.15) is 13.2 Å². The van der Waals surface area contributed by atoms with Crippen LogP contribution in [0.5, 0.6) is 5.75 Å². The lowest BCUT2D eigenvalue weighted by molar-refractivity contribution is -0.143. The minimum atomic E-state index is -4.37. The number of hydrogen-bond acceptors (Lipinski definition) is 4. The molecule has 1 aliphatic carbocycles. The maximum absolute atomic E-state index is 13.0. The Hall–Kier alpha value is -2.45. The first kappa shape index (κ1) is 20.5. The quantitative estimate of drug-likeness (QED) is 0.767. The third-order valence-electron chi connectivity index (χ3n) is 7.41. The van der Waals surface area contributed by atoms with E-state index in [1.54, 1.807) is 0 Å². The summed E-state index contributed by atoms with van der Waals surface area (Å²) < 4.78 is 50.2. The minimum Gasteiger partial charge on any atom is -0.487 e. The Labute approximate surface area is 178 Å². The molecule has 1 saturated carbocycles. The number of cyclic esters (lactones) is 1. The number of ether oxygens (including phenoxy) is 2. The average molecular weight is 438 g/mol. The molecule has 3 aliphatic heterocycles. The van der Waals surface area contributed by atoms with Crippen LogP contribution < -0.4 is 10.1 Å². The van der Waals surface area contributed by atoms with Crippen LogP contribution in [0.25, 0.3) is 0 Å². The van der Waals surface area contributed by atoms with Crippen molar-refractivity contribution in [3.05, 3.63) is 29.3 Å². The van der Waals surface area contributed by atoms with Crippen molar-refractivity contribution in [2.45, 2.75) is 56.3 Å². The molecule has 6 nitrogen and oxygen atoms in total. The topological polar surface area (TPSA) is 67.9 Å². The van der Waals surface area contributed by atoms with Gasteiger partial charge in [0.2, 0.25) is 5.91 Å². The fourth-order valence-corrected chi connectivity index (χ4v) is 5.63. The summed E-state index contributed by atoms with van der Waals surface area (Å²) >= 11 is 0. The van der Waals surface area contributed by atoms with Crippen molar-refractivity contribution < 1.29 is 32.2 Å². The number of benzene rings is 1. The van der Waals surface area contributed by atoms with Crippen LogP contribution in [0.4, 0.5) is 18.0 Å². The normalized spacial score (nSPS) is 32.8. The molecule has 1 spiro atoms. The maximum Gasteiger partial charge on any atom is 0.416 e. The van der Waals surface area contributed by atoms with E-state index in [4.69, 9.17) is 9.47 Å². The van der Waals surface area contributed by atoms with E-state index in [0.29, 0.717) is 50.3 Å². The van der Waals surface area contributed by atoms with Crippen LogP contribution in [0, 0.1) is 11.8 Å². The second-order valence-corrected chi connectivity index (χ2v) is 9.60. The molecule has 1 N–H and O–H groups in total. The SMILES string of the molecule is CC1(C2CCN(C(=O)C3CC4(COC(=O)N4)C3)CC2)Cc2cc(C(F)(F)F)ccc2O1. The monoisotopic (exact) mass is 438 g/mol. The number of nitrogens with zero attached hydrogens (tertiary/aromatic N) is 1. The Balaban J connectivity index is 1.17. The van der Waals surface area contributed by atoms with E-state index in [0.717, 1.165) is 18.9 Å². The zero-order valence-electron chi connectivity index (χ0n) is 17.3. The molecule has 9 heteroatoms. The van der Waals surface area contributed by atoms with Crippen molar-refractivity contribution in [2.24, 2.45) is 11.8 Å². The van der Waals surface area contributed by atoms with Gasteiger partial charge in [0, 0.05) is 31.3 Å². The summed E-state index contributed by atoms with van der Waals surface area (Å²) in [7, 11) is 0. The van der Waals surface area contributed by atoms with Crippen LogP contribution in [0.15, 0.2) is 18.2 Å². The lowest BCUT2D eigenvalue weighted by Gasteiger charge is -2.46. The number of piperidine rings is 1. The van der Waals surface area contributed by atoms with E-state index in [-0.39, 0.29) is 23.3 Å². The second-order valence-electron chi connectivity index (χ2n) is 9.60. The summed E-state index contributed by atoms with van der Waals surface area (Å²) in [5, 5.41) is 2.81. The van der Waals surface area contributed by atoms with Crippen LogP contribution in [0.2, 0.25) is 0 Å². The summed E-state index contributed by atoms with van der Waals surface area (Å²) in [4.78, 5) is 26.0. The van der Waals surface area contributed by atoms with Gasteiger partial charge >= 0.3 is 12.3 Å². The highest BCUT2D eigenvalue weighted by molar-refractivity contribution is 5.81. The van der Waals surface area contributed by atoms with E-state index < -0.39 is 23.4 Å². The molecule has 0 aromatic heterocycles. The fraction of sp³-hybridized carbons (Fsp3) is 0.636. The van der Waals surface area contributed by atoms with E-state index >= 15 is 0 Å². The first-order chi connectivity index (χ1) is 14.6. The zero-order valence-corrected chi connectivity index (χ0v) is 17.3. The minimum absolute atomic E-state index is 0.0955. The lowest BCUT2D eigenvalue weighted by Crippen LogP contribution is -2.59. The molecule has 5 rings (SSSR count). The van der Waals surface area contributed by atoms with Gasteiger partial charge in [-0.15, -0.1) is 0 Å². The summed E-state index contributed by atoms with van der Waals surface area (Å²) in [6.45, 7) is 3.50. The Morgan fingerprint density at radius 3 is 2.55 bits per heavy atom. The predicted octanol–water partition coefficient (Wildman–Crippen LogP) is 3.53. The van der Waals surface area contributed by atoms with Gasteiger partial charge in [0.25, 0.3) is 0 Å². The number of nitrogens with one attached hydrogen (secondary N) is 1. The van der Waals surface area contributed by atoms with Gasteiger partial charge in [-0.3, -0.25) is 4.79 Å². The molecule has 31 heavy (non-hydrogen) atoms.